The van der Waals surface area contributed by atoms with Crippen LogP contribution in [0.5, 0.6) is 0 Å². The van der Waals surface area contributed by atoms with Gasteiger partial charge in [0.25, 0.3) is 10.0 Å². The fraction of sp³-hybridized carbons (Fsp3) is 0.240. The van der Waals surface area contributed by atoms with Gasteiger partial charge >= 0.3 is 0 Å². The second kappa shape index (κ2) is 9.59. The van der Waals surface area contributed by atoms with E-state index in [-0.39, 0.29) is 21.5 Å². The highest BCUT2D eigenvalue weighted by Crippen LogP contribution is 2.37. The lowest BCUT2D eigenvalue weighted by Gasteiger charge is -2.33. The van der Waals surface area contributed by atoms with Crippen molar-refractivity contribution >= 4 is 49.4 Å². The van der Waals surface area contributed by atoms with Crippen molar-refractivity contribution in [2.24, 2.45) is 0 Å². The zero-order valence-electron chi connectivity index (χ0n) is 19.3. The first-order chi connectivity index (χ1) is 17.2. The molecule has 188 valence electrons. The molecular formula is C25H23ClFN3O4S2. The average Bonchev–Trinajstić information content (AvgIpc) is 3.24. The van der Waals surface area contributed by atoms with Gasteiger partial charge in [0.05, 0.1) is 15.5 Å². The van der Waals surface area contributed by atoms with Crippen molar-refractivity contribution in [3.05, 3.63) is 82.9 Å². The number of pyridine rings is 1. The Morgan fingerprint density at radius 1 is 1.14 bits per heavy atom. The summed E-state index contributed by atoms with van der Waals surface area (Å²) in [5, 5.41) is 1.10. The van der Waals surface area contributed by atoms with Gasteiger partial charge in [-0.3, -0.25) is 0 Å². The van der Waals surface area contributed by atoms with E-state index in [9.17, 15) is 21.6 Å². The van der Waals surface area contributed by atoms with Gasteiger partial charge in [0.2, 0.25) is 0 Å². The zero-order valence-corrected chi connectivity index (χ0v) is 21.7. The van der Waals surface area contributed by atoms with Crippen LogP contribution in [0.3, 0.4) is 0 Å². The summed E-state index contributed by atoms with van der Waals surface area (Å²) in [5.41, 5.74) is 2.12. The molecule has 0 aliphatic carbocycles. The lowest BCUT2D eigenvalue weighted by molar-refractivity contribution is 0.499. The van der Waals surface area contributed by atoms with E-state index in [2.05, 4.69) is 4.98 Å². The number of halogens is 2. The van der Waals surface area contributed by atoms with Gasteiger partial charge in [-0.15, -0.1) is 0 Å². The monoisotopic (exact) mass is 547 g/mol. The first kappa shape index (κ1) is 24.9. The highest BCUT2D eigenvalue weighted by Gasteiger charge is 2.29. The van der Waals surface area contributed by atoms with E-state index in [0.29, 0.717) is 47.9 Å². The molecule has 5 rings (SSSR count). The van der Waals surface area contributed by atoms with Gasteiger partial charge in [0.1, 0.15) is 5.82 Å². The van der Waals surface area contributed by atoms with E-state index in [1.807, 2.05) is 11.0 Å². The Morgan fingerprint density at radius 2 is 1.89 bits per heavy atom. The Labute approximate surface area is 215 Å². The predicted molar refractivity (Wildman–Crippen MR) is 138 cm³/mol. The molecule has 2 aromatic carbocycles. The molecule has 7 nitrogen and oxygen atoms in total. The third kappa shape index (κ3) is 4.43. The van der Waals surface area contributed by atoms with Crippen molar-refractivity contribution in [3.63, 3.8) is 0 Å². The van der Waals surface area contributed by atoms with Crippen LogP contribution in [-0.4, -0.2) is 39.2 Å². The van der Waals surface area contributed by atoms with Gasteiger partial charge in [0, 0.05) is 35.9 Å². The Kier molecular flexibility index (Phi) is 6.63. The van der Waals surface area contributed by atoms with Crippen LogP contribution in [0.25, 0.3) is 11.0 Å². The average molecular weight is 548 g/mol. The molecule has 1 aliphatic rings. The normalized spacial score (nSPS) is 15.9. The molecule has 3 heterocycles. The molecule has 1 atom stereocenters. The van der Waals surface area contributed by atoms with Gasteiger partial charge in [-0.25, -0.2) is 26.0 Å². The number of hydrogen-bond acceptors (Lipinski definition) is 5. The number of benzene rings is 2. The lowest BCUT2D eigenvalue weighted by Crippen LogP contribution is -2.33. The van der Waals surface area contributed by atoms with Crippen LogP contribution in [0.2, 0.25) is 5.02 Å². The van der Waals surface area contributed by atoms with Crippen LogP contribution < -0.4 is 4.90 Å². The molecule has 1 saturated heterocycles. The van der Waals surface area contributed by atoms with E-state index in [1.165, 1.54) is 28.2 Å². The second-order valence-corrected chi connectivity index (χ2v) is 12.0. The quantitative estimate of drug-likeness (QED) is 0.339. The number of aromatic nitrogens is 2. The van der Waals surface area contributed by atoms with Gasteiger partial charge in [0.15, 0.2) is 16.7 Å². The number of anilines is 1. The molecule has 0 amide bonds. The molecule has 11 heteroatoms. The van der Waals surface area contributed by atoms with Gasteiger partial charge in [-0.1, -0.05) is 11.6 Å². The summed E-state index contributed by atoms with van der Waals surface area (Å²) >= 11 is 3.68. The van der Waals surface area contributed by atoms with Crippen molar-refractivity contribution in [1.82, 2.24) is 8.96 Å². The van der Waals surface area contributed by atoms with Gasteiger partial charge < -0.3 is 9.45 Å². The van der Waals surface area contributed by atoms with Crippen molar-refractivity contribution in [2.45, 2.75) is 35.5 Å². The first-order valence-corrected chi connectivity index (χ1v) is 14.2. The molecule has 0 radical (unpaired) electrons. The molecular weight excluding hydrogens is 525 g/mol. The smallest absolute Gasteiger partial charge is 0.269 e. The van der Waals surface area contributed by atoms with Crippen LogP contribution in [-0.2, 0) is 21.1 Å². The SMILES string of the molecule is Cc1cc(S(=O)(=O)n2cc(C3CCN(c4ccc(Cl)cc4F)CC3)c3cccnc32)ccc1S(=O)O. The Hall–Kier alpha value is -2.79. The maximum Gasteiger partial charge on any atom is 0.269 e. The van der Waals surface area contributed by atoms with Crippen LogP contribution >= 0.6 is 11.6 Å². The van der Waals surface area contributed by atoms with E-state index in [4.69, 9.17) is 11.6 Å². The summed E-state index contributed by atoms with van der Waals surface area (Å²) in [6.45, 7) is 2.82. The number of hydrogen-bond donors (Lipinski definition) is 1. The standard InChI is InChI=1S/C25H23ClFN3O4S2/c1-16-13-19(5-7-24(16)35(31)32)36(33,34)30-15-21(20-3-2-10-28-25(20)30)17-8-11-29(12-9-17)23-6-4-18(26)14-22(23)27/h2-7,10,13-15,17H,8-9,11-12H2,1H3,(H,31,32). The Bertz CT molecular complexity index is 1600. The van der Waals surface area contributed by atoms with Crippen LogP contribution in [0, 0.1) is 12.7 Å². The largest absolute Gasteiger partial charge is 0.369 e. The zero-order chi connectivity index (χ0) is 25.6. The molecule has 0 saturated carbocycles. The van der Waals surface area contributed by atoms with Crippen molar-refractivity contribution in [2.75, 3.05) is 18.0 Å². The lowest BCUT2D eigenvalue weighted by atomic mass is 9.89. The summed E-state index contributed by atoms with van der Waals surface area (Å²) in [6, 6.07) is 12.4. The first-order valence-electron chi connectivity index (χ1n) is 11.3. The van der Waals surface area contributed by atoms with E-state index in [1.54, 1.807) is 37.5 Å². The molecule has 1 N–H and O–H groups in total. The molecule has 1 aliphatic heterocycles. The van der Waals surface area contributed by atoms with Crippen LogP contribution in [0.15, 0.2) is 70.7 Å². The summed E-state index contributed by atoms with van der Waals surface area (Å²) < 4.78 is 63.7. The van der Waals surface area contributed by atoms with Gasteiger partial charge in [-0.05, 0) is 85.3 Å². The topological polar surface area (TPSA) is 92.5 Å². The number of rotatable bonds is 5. The van der Waals surface area contributed by atoms with Crippen LogP contribution in [0.4, 0.5) is 10.1 Å². The Balaban J connectivity index is 1.48. The van der Waals surface area contributed by atoms with Crippen LogP contribution in [0.1, 0.15) is 29.9 Å². The van der Waals surface area contributed by atoms with E-state index in [0.717, 1.165) is 10.9 Å². The second-order valence-electron chi connectivity index (χ2n) is 8.79. The molecule has 4 aromatic rings. The summed E-state index contributed by atoms with van der Waals surface area (Å²) in [6.07, 6.45) is 4.61. The third-order valence-electron chi connectivity index (χ3n) is 6.64. The van der Waals surface area contributed by atoms with E-state index < -0.39 is 21.1 Å². The highest BCUT2D eigenvalue weighted by molar-refractivity contribution is 7.90. The molecule has 36 heavy (non-hydrogen) atoms. The summed E-state index contributed by atoms with van der Waals surface area (Å²) in [7, 11) is -4.01. The highest BCUT2D eigenvalue weighted by atomic mass is 35.5. The van der Waals surface area contributed by atoms with Crippen molar-refractivity contribution in [1.29, 1.82) is 0 Å². The molecule has 2 aromatic heterocycles. The van der Waals surface area contributed by atoms with Crippen molar-refractivity contribution < 1.29 is 21.6 Å². The number of piperidine rings is 1. The minimum absolute atomic E-state index is 0.0105. The molecule has 0 bridgehead atoms. The number of fused-ring (bicyclic) bond motifs is 1. The molecule has 1 fully saturated rings. The minimum atomic E-state index is -4.01. The maximum absolute atomic E-state index is 14.4. The maximum atomic E-state index is 14.4. The minimum Gasteiger partial charge on any atom is -0.369 e. The molecule has 0 spiro atoms. The van der Waals surface area contributed by atoms with Crippen molar-refractivity contribution in [3.8, 4) is 0 Å². The summed E-state index contributed by atoms with van der Waals surface area (Å²) in [4.78, 5) is 6.51. The number of nitrogens with zero attached hydrogens (tertiary/aromatic N) is 3. The Morgan fingerprint density at radius 3 is 2.56 bits per heavy atom. The van der Waals surface area contributed by atoms with E-state index >= 15 is 0 Å². The summed E-state index contributed by atoms with van der Waals surface area (Å²) in [5.74, 6) is -0.292. The predicted octanol–water partition coefficient (Wildman–Crippen LogP) is 5.34. The van der Waals surface area contributed by atoms with Gasteiger partial charge in [-0.2, -0.15) is 0 Å². The fourth-order valence-corrected chi connectivity index (χ4v) is 6.92. The number of aryl methyl sites for hydroxylation is 1. The fourth-order valence-electron chi connectivity index (χ4n) is 4.82. The third-order valence-corrected chi connectivity index (χ3v) is 9.35. The molecule has 1 unspecified atom stereocenters.